The van der Waals surface area contributed by atoms with E-state index in [1.165, 1.54) is 19.3 Å². The Morgan fingerprint density at radius 2 is 1.77 bits per heavy atom. The lowest BCUT2D eigenvalue weighted by Gasteiger charge is -2.34. The molecule has 1 fully saturated rings. The molecule has 1 aromatic heterocycles. The third-order valence-electron chi connectivity index (χ3n) is 4.46. The standard InChI is InChI=1S/C19H23NO2/c1-14-13-18(15(2)22-14)19(21)20(16-9-5-3-6-10-16)17-11-7-4-8-12-17/h3,5-6,9-10,13,17H,4,7-8,11-12H2,1-2H3. The fourth-order valence-electron chi connectivity index (χ4n) is 3.39. The zero-order valence-electron chi connectivity index (χ0n) is 13.3. The van der Waals surface area contributed by atoms with Gasteiger partial charge in [-0.25, -0.2) is 0 Å². The number of aryl methyl sites for hydroxylation is 2. The largest absolute Gasteiger partial charge is 0.466 e. The van der Waals surface area contributed by atoms with Crippen LogP contribution in [-0.2, 0) is 0 Å². The molecular weight excluding hydrogens is 274 g/mol. The number of rotatable bonds is 3. The molecule has 0 N–H and O–H groups in total. The molecule has 0 unspecified atom stereocenters. The van der Waals surface area contributed by atoms with Crippen LogP contribution in [0, 0.1) is 13.8 Å². The van der Waals surface area contributed by atoms with Crippen molar-refractivity contribution in [3.8, 4) is 0 Å². The summed E-state index contributed by atoms with van der Waals surface area (Å²) in [7, 11) is 0. The van der Waals surface area contributed by atoms with Crippen molar-refractivity contribution in [1.29, 1.82) is 0 Å². The summed E-state index contributed by atoms with van der Waals surface area (Å²) < 4.78 is 5.56. The van der Waals surface area contributed by atoms with E-state index in [-0.39, 0.29) is 5.91 Å². The Labute approximate surface area is 131 Å². The minimum Gasteiger partial charge on any atom is -0.466 e. The van der Waals surface area contributed by atoms with Crippen molar-refractivity contribution in [2.24, 2.45) is 0 Å². The number of benzene rings is 1. The van der Waals surface area contributed by atoms with Gasteiger partial charge in [-0.15, -0.1) is 0 Å². The summed E-state index contributed by atoms with van der Waals surface area (Å²) in [5.41, 5.74) is 1.67. The first-order chi connectivity index (χ1) is 10.7. The predicted octanol–water partition coefficient (Wildman–Crippen LogP) is 4.88. The van der Waals surface area contributed by atoms with Gasteiger partial charge < -0.3 is 9.32 Å². The van der Waals surface area contributed by atoms with Gasteiger partial charge in [-0.3, -0.25) is 4.79 Å². The molecular formula is C19H23NO2. The lowest BCUT2D eigenvalue weighted by Crippen LogP contribution is -2.41. The number of carbonyl (C=O) groups excluding carboxylic acids is 1. The summed E-state index contributed by atoms with van der Waals surface area (Å²) in [6.45, 7) is 3.75. The Balaban J connectivity index is 1.97. The van der Waals surface area contributed by atoms with Crippen LogP contribution in [0.2, 0.25) is 0 Å². The molecule has 1 aliphatic carbocycles. The van der Waals surface area contributed by atoms with E-state index in [1.54, 1.807) is 0 Å². The molecule has 3 rings (SSSR count). The average molecular weight is 297 g/mol. The molecule has 2 aromatic rings. The maximum absolute atomic E-state index is 13.1. The highest BCUT2D eigenvalue weighted by molar-refractivity contribution is 6.07. The van der Waals surface area contributed by atoms with Crippen LogP contribution in [0.25, 0.3) is 0 Å². The summed E-state index contributed by atoms with van der Waals surface area (Å²) in [4.78, 5) is 15.1. The molecule has 1 aromatic carbocycles. The second-order valence-electron chi connectivity index (χ2n) is 6.13. The fraction of sp³-hybridized carbons (Fsp3) is 0.421. The number of hydrogen-bond acceptors (Lipinski definition) is 2. The Kier molecular flexibility index (Phi) is 4.32. The highest BCUT2D eigenvalue weighted by atomic mass is 16.3. The second kappa shape index (κ2) is 6.39. The van der Waals surface area contributed by atoms with E-state index < -0.39 is 0 Å². The number of para-hydroxylation sites is 1. The van der Waals surface area contributed by atoms with E-state index in [2.05, 4.69) is 0 Å². The van der Waals surface area contributed by atoms with E-state index in [0.717, 1.165) is 24.3 Å². The number of carbonyl (C=O) groups is 1. The van der Waals surface area contributed by atoms with Crippen molar-refractivity contribution in [1.82, 2.24) is 0 Å². The third-order valence-corrected chi connectivity index (χ3v) is 4.46. The van der Waals surface area contributed by atoms with Gasteiger partial charge in [0.2, 0.25) is 0 Å². The van der Waals surface area contributed by atoms with Gasteiger partial charge in [0, 0.05) is 11.7 Å². The minimum atomic E-state index is 0.0625. The molecule has 0 atom stereocenters. The van der Waals surface area contributed by atoms with Crippen LogP contribution in [0.1, 0.15) is 54.0 Å². The Hall–Kier alpha value is -2.03. The molecule has 0 saturated heterocycles. The SMILES string of the molecule is Cc1cc(C(=O)N(c2ccccc2)C2CCCCC2)c(C)o1. The first kappa shape index (κ1) is 14.9. The molecule has 1 heterocycles. The van der Waals surface area contributed by atoms with Gasteiger partial charge in [-0.2, -0.15) is 0 Å². The van der Waals surface area contributed by atoms with Gasteiger partial charge in [0.05, 0.1) is 5.56 Å². The Morgan fingerprint density at radius 3 is 2.36 bits per heavy atom. The van der Waals surface area contributed by atoms with Crippen molar-refractivity contribution in [3.63, 3.8) is 0 Å². The quantitative estimate of drug-likeness (QED) is 0.809. The van der Waals surface area contributed by atoms with Crippen LogP contribution >= 0.6 is 0 Å². The molecule has 1 amide bonds. The normalized spacial score (nSPS) is 15.7. The van der Waals surface area contributed by atoms with Crippen molar-refractivity contribution >= 4 is 11.6 Å². The highest BCUT2D eigenvalue weighted by Crippen LogP contribution is 2.30. The summed E-state index contributed by atoms with van der Waals surface area (Å²) in [5, 5.41) is 0. The molecule has 3 nitrogen and oxygen atoms in total. The summed E-state index contributed by atoms with van der Waals surface area (Å²) in [6.07, 6.45) is 5.83. The molecule has 0 bridgehead atoms. The maximum atomic E-state index is 13.1. The van der Waals surface area contributed by atoms with Crippen molar-refractivity contribution in [2.75, 3.05) is 4.90 Å². The minimum absolute atomic E-state index is 0.0625. The monoisotopic (exact) mass is 297 g/mol. The lowest BCUT2D eigenvalue weighted by atomic mass is 9.93. The van der Waals surface area contributed by atoms with Gasteiger partial charge in [-0.1, -0.05) is 37.5 Å². The molecule has 116 valence electrons. The first-order valence-electron chi connectivity index (χ1n) is 8.12. The molecule has 3 heteroatoms. The van der Waals surface area contributed by atoms with Crippen LogP contribution in [0.15, 0.2) is 40.8 Å². The lowest BCUT2D eigenvalue weighted by molar-refractivity contribution is 0.0969. The van der Waals surface area contributed by atoms with Crippen LogP contribution in [-0.4, -0.2) is 11.9 Å². The van der Waals surface area contributed by atoms with Crippen molar-refractivity contribution in [2.45, 2.75) is 52.0 Å². The van der Waals surface area contributed by atoms with E-state index in [0.29, 0.717) is 17.4 Å². The van der Waals surface area contributed by atoms with Gasteiger partial charge in [0.25, 0.3) is 5.91 Å². The fourth-order valence-corrected chi connectivity index (χ4v) is 3.39. The van der Waals surface area contributed by atoms with Crippen LogP contribution in [0.4, 0.5) is 5.69 Å². The van der Waals surface area contributed by atoms with Gasteiger partial charge >= 0.3 is 0 Å². The van der Waals surface area contributed by atoms with E-state index in [4.69, 9.17) is 4.42 Å². The van der Waals surface area contributed by atoms with E-state index >= 15 is 0 Å². The van der Waals surface area contributed by atoms with Crippen LogP contribution < -0.4 is 4.90 Å². The van der Waals surface area contributed by atoms with Gasteiger partial charge in [0.15, 0.2) is 0 Å². The molecule has 22 heavy (non-hydrogen) atoms. The zero-order valence-corrected chi connectivity index (χ0v) is 13.3. The summed E-state index contributed by atoms with van der Waals surface area (Å²) in [6, 6.07) is 12.2. The molecule has 1 aliphatic rings. The second-order valence-corrected chi connectivity index (χ2v) is 6.13. The summed E-state index contributed by atoms with van der Waals surface area (Å²) in [5.74, 6) is 1.56. The predicted molar refractivity (Wildman–Crippen MR) is 88.3 cm³/mol. The first-order valence-corrected chi connectivity index (χ1v) is 8.12. The number of amides is 1. The van der Waals surface area contributed by atoms with Crippen LogP contribution in [0.5, 0.6) is 0 Å². The smallest absolute Gasteiger partial charge is 0.262 e. The highest BCUT2D eigenvalue weighted by Gasteiger charge is 2.29. The molecule has 1 saturated carbocycles. The van der Waals surface area contributed by atoms with Gasteiger partial charge in [0.1, 0.15) is 11.5 Å². The number of anilines is 1. The summed E-state index contributed by atoms with van der Waals surface area (Å²) >= 11 is 0. The average Bonchev–Trinajstić information content (AvgIpc) is 2.88. The maximum Gasteiger partial charge on any atom is 0.262 e. The third kappa shape index (κ3) is 2.94. The topological polar surface area (TPSA) is 33.5 Å². The van der Waals surface area contributed by atoms with Crippen LogP contribution in [0.3, 0.4) is 0 Å². The zero-order chi connectivity index (χ0) is 15.5. The van der Waals surface area contributed by atoms with E-state index in [9.17, 15) is 4.79 Å². The Morgan fingerprint density at radius 1 is 1.09 bits per heavy atom. The number of hydrogen-bond donors (Lipinski definition) is 0. The van der Waals surface area contributed by atoms with Crippen molar-refractivity contribution < 1.29 is 9.21 Å². The van der Waals surface area contributed by atoms with E-state index in [1.807, 2.05) is 55.1 Å². The molecule has 0 aliphatic heterocycles. The van der Waals surface area contributed by atoms with Crippen molar-refractivity contribution in [3.05, 3.63) is 53.5 Å². The number of furan rings is 1. The molecule has 0 radical (unpaired) electrons. The molecule has 0 spiro atoms. The van der Waals surface area contributed by atoms with Gasteiger partial charge in [-0.05, 0) is 44.9 Å². The Bertz CT molecular complexity index is 639. The number of nitrogens with zero attached hydrogens (tertiary/aromatic N) is 1.